The summed E-state index contributed by atoms with van der Waals surface area (Å²) in [6.45, 7) is 0.130. The van der Waals surface area contributed by atoms with Crippen LogP contribution in [0.5, 0.6) is 0 Å². The highest BCUT2D eigenvalue weighted by Crippen LogP contribution is 2.47. The van der Waals surface area contributed by atoms with Crippen LogP contribution in [-0.4, -0.2) is 22.9 Å². The second-order valence-electron chi connectivity index (χ2n) is 3.60. The van der Waals surface area contributed by atoms with Crippen LogP contribution in [0.4, 0.5) is 0 Å². The van der Waals surface area contributed by atoms with E-state index in [0.717, 1.165) is 12.8 Å². The van der Waals surface area contributed by atoms with Crippen molar-refractivity contribution in [1.29, 1.82) is 0 Å². The molecule has 2 heteroatoms. The van der Waals surface area contributed by atoms with Gasteiger partial charge in [0.2, 0.25) is 0 Å². The molecular weight excluding hydrogens is 140 g/mol. The van der Waals surface area contributed by atoms with Crippen molar-refractivity contribution in [2.45, 2.75) is 25.4 Å². The van der Waals surface area contributed by atoms with Gasteiger partial charge in [0, 0.05) is 5.92 Å². The lowest BCUT2D eigenvalue weighted by Gasteiger charge is -2.11. The highest BCUT2D eigenvalue weighted by atomic mass is 16.3. The van der Waals surface area contributed by atoms with Gasteiger partial charge >= 0.3 is 0 Å². The van der Waals surface area contributed by atoms with E-state index >= 15 is 0 Å². The van der Waals surface area contributed by atoms with Gasteiger partial charge in [0.25, 0.3) is 0 Å². The van der Waals surface area contributed by atoms with E-state index in [4.69, 9.17) is 5.11 Å². The summed E-state index contributed by atoms with van der Waals surface area (Å²) in [6.07, 6.45) is 5.08. The van der Waals surface area contributed by atoms with Crippen molar-refractivity contribution in [2.24, 2.45) is 11.8 Å². The van der Waals surface area contributed by atoms with Crippen molar-refractivity contribution in [3.05, 3.63) is 11.6 Å². The van der Waals surface area contributed by atoms with Gasteiger partial charge < -0.3 is 10.2 Å². The third-order valence-electron chi connectivity index (χ3n) is 3.07. The Morgan fingerprint density at radius 2 is 2.27 bits per heavy atom. The molecule has 0 amide bonds. The second kappa shape index (κ2) is 2.61. The smallest absolute Gasteiger partial charge is 0.0636 e. The molecule has 2 rings (SSSR count). The molecule has 2 aliphatic rings. The van der Waals surface area contributed by atoms with E-state index in [2.05, 4.69) is 0 Å². The molecule has 11 heavy (non-hydrogen) atoms. The molecule has 0 aromatic heterocycles. The maximum atomic E-state index is 9.60. The Morgan fingerprint density at radius 3 is 2.73 bits per heavy atom. The van der Waals surface area contributed by atoms with Crippen LogP contribution < -0.4 is 0 Å². The van der Waals surface area contributed by atoms with Crippen molar-refractivity contribution in [3.8, 4) is 0 Å². The molecule has 0 spiro atoms. The molecule has 0 heterocycles. The summed E-state index contributed by atoms with van der Waals surface area (Å²) in [5.41, 5.74) is 1.29. The summed E-state index contributed by atoms with van der Waals surface area (Å²) in [5, 5.41) is 18.3. The fraction of sp³-hybridized carbons (Fsp3) is 0.778. The van der Waals surface area contributed by atoms with Crippen LogP contribution in [-0.2, 0) is 0 Å². The zero-order valence-electron chi connectivity index (χ0n) is 6.53. The average Bonchev–Trinajstić information content (AvgIpc) is 2.47. The van der Waals surface area contributed by atoms with Crippen LogP contribution in [0, 0.1) is 11.8 Å². The lowest BCUT2D eigenvalue weighted by atomic mass is 9.95. The van der Waals surface area contributed by atoms with Gasteiger partial charge in [-0.3, -0.25) is 0 Å². The summed E-state index contributed by atoms with van der Waals surface area (Å²) in [4.78, 5) is 0. The van der Waals surface area contributed by atoms with Gasteiger partial charge in [-0.1, -0.05) is 11.6 Å². The Kier molecular flexibility index (Phi) is 1.74. The third-order valence-corrected chi connectivity index (χ3v) is 3.07. The lowest BCUT2D eigenvalue weighted by Crippen LogP contribution is -2.11. The highest BCUT2D eigenvalue weighted by molar-refractivity contribution is 5.20. The van der Waals surface area contributed by atoms with Crippen LogP contribution in [0.1, 0.15) is 19.3 Å². The van der Waals surface area contributed by atoms with Crippen molar-refractivity contribution in [1.82, 2.24) is 0 Å². The van der Waals surface area contributed by atoms with Crippen LogP contribution in [0.15, 0.2) is 11.6 Å². The maximum Gasteiger partial charge on any atom is 0.0636 e. The Bertz CT molecular complexity index is 186. The van der Waals surface area contributed by atoms with Crippen LogP contribution >= 0.6 is 0 Å². The zero-order valence-corrected chi connectivity index (χ0v) is 6.53. The monoisotopic (exact) mass is 154 g/mol. The minimum Gasteiger partial charge on any atom is -0.392 e. The molecule has 2 N–H and O–H groups in total. The van der Waals surface area contributed by atoms with Gasteiger partial charge in [-0.2, -0.15) is 0 Å². The van der Waals surface area contributed by atoms with Crippen LogP contribution in [0.2, 0.25) is 0 Å². The van der Waals surface area contributed by atoms with Crippen LogP contribution in [0.3, 0.4) is 0 Å². The third kappa shape index (κ3) is 1.01. The topological polar surface area (TPSA) is 40.5 Å². The van der Waals surface area contributed by atoms with E-state index in [-0.39, 0.29) is 12.7 Å². The minimum absolute atomic E-state index is 0.104. The molecular formula is C9H14O2. The van der Waals surface area contributed by atoms with Crippen molar-refractivity contribution >= 4 is 0 Å². The number of fused-ring (bicyclic) bond motifs is 2. The molecule has 0 radical (unpaired) electrons. The molecule has 2 saturated carbocycles. The zero-order chi connectivity index (χ0) is 7.84. The molecule has 0 saturated heterocycles. The predicted octanol–water partition coefficient (Wildman–Crippen LogP) is 0.696. The quantitative estimate of drug-likeness (QED) is 0.546. The summed E-state index contributed by atoms with van der Waals surface area (Å²) in [6, 6.07) is 0. The molecule has 2 aliphatic carbocycles. The molecule has 0 aromatic rings. The van der Waals surface area contributed by atoms with Gasteiger partial charge in [0.15, 0.2) is 0 Å². The molecule has 2 nitrogen and oxygen atoms in total. The van der Waals surface area contributed by atoms with E-state index in [1.54, 1.807) is 0 Å². The first-order valence-electron chi connectivity index (χ1n) is 4.30. The number of hydrogen-bond donors (Lipinski definition) is 2. The minimum atomic E-state index is -0.104. The Labute approximate surface area is 66.5 Å². The fourth-order valence-corrected chi connectivity index (χ4v) is 2.50. The first-order chi connectivity index (χ1) is 5.33. The van der Waals surface area contributed by atoms with Gasteiger partial charge in [0.05, 0.1) is 12.7 Å². The average molecular weight is 154 g/mol. The SMILES string of the molecule is OCC=C1CC2CCC1C2O. The molecule has 3 unspecified atom stereocenters. The van der Waals surface area contributed by atoms with Gasteiger partial charge in [-0.25, -0.2) is 0 Å². The fourth-order valence-electron chi connectivity index (χ4n) is 2.50. The Morgan fingerprint density at radius 1 is 1.45 bits per heavy atom. The number of hydrogen-bond acceptors (Lipinski definition) is 2. The number of rotatable bonds is 1. The van der Waals surface area contributed by atoms with E-state index in [9.17, 15) is 5.11 Å². The van der Waals surface area contributed by atoms with E-state index < -0.39 is 0 Å². The molecule has 3 atom stereocenters. The number of aliphatic hydroxyl groups is 2. The number of aliphatic hydroxyl groups excluding tert-OH is 2. The second-order valence-corrected chi connectivity index (χ2v) is 3.60. The molecule has 0 aromatic carbocycles. The van der Waals surface area contributed by atoms with E-state index in [0.29, 0.717) is 11.8 Å². The highest BCUT2D eigenvalue weighted by Gasteiger charge is 2.43. The molecule has 62 valence electrons. The largest absolute Gasteiger partial charge is 0.392 e. The first-order valence-corrected chi connectivity index (χ1v) is 4.30. The maximum absolute atomic E-state index is 9.60. The summed E-state index contributed by atoms with van der Waals surface area (Å²) in [5.74, 6) is 0.880. The van der Waals surface area contributed by atoms with E-state index in [1.165, 1.54) is 12.0 Å². The van der Waals surface area contributed by atoms with Crippen molar-refractivity contribution < 1.29 is 10.2 Å². The summed E-state index contributed by atoms with van der Waals surface area (Å²) >= 11 is 0. The van der Waals surface area contributed by atoms with Crippen molar-refractivity contribution in [2.75, 3.05) is 6.61 Å². The van der Waals surface area contributed by atoms with Gasteiger partial charge in [-0.15, -0.1) is 0 Å². The molecule has 2 fully saturated rings. The van der Waals surface area contributed by atoms with Gasteiger partial charge in [0.1, 0.15) is 0 Å². The predicted molar refractivity (Wildman–Crippen MR) is 42.0 cm³/mol. The summed E-state index contributed by atoms with van der Waals surface area (Å²) in [7, 11) is 0. The van der Waals surface area contributed by atoms with Crippen LogP contribution in [0.25, 0.3) is 0 Å². The Balaban J connectivity index is 2.14. The van der Waals surface area contributed by atoms with Gasteiger partial charge in [-0.05, 0) is 25.2 Å². The molecule has 2 bridgehead atoms. The Hall–Kier alpha value is -0.340. The normalized spacial score (nSPS) is 45.6. The first kappa shape index (κ1) is 7.32. The van der Waals surface area contributed by atoms with Crippen molar-refractivity contribution in [3.63, 3.8) is 0 Å². The molecule has 0 aliphatic heterocycles. The standard InChI is InChI=1S/C9H14O2/c10-4-3-6-5-7-1-2-8(6)9(7)11/h3,7-11H,1-2,4-5H2. The van der Waals surface area contributed by atoms with E-state index in [1.807, 2.05) is 6.08 Å². The summed E-state index contributed by atoms with van der Waals surface area (Å²) < 4.78 is 0. The lowest BCUT2D eigenvalue weighted by molar-refractivity contribution is 0.132.